The van der Waals surface area contributed by atoms with Crippen LogP contribution in [0.25, 0.3) is 0 Å². The second-order valence-electron chi connectivity index (χ2n) is 7.52. The highest BCUT2D eigenvalue weighted by atomic mass is 35.5. The van der Waals surface area contributed by atoms with Crippen LogP contribution in [-0.2, 0) is 4.74 Å². The Morgan fingerprint density at radius 3 is 2.48 bits per heavy atom. The normalized spacial score (nSPS) is 29.1. The molecule has 0 aliphatic carbocycles. The monoisotopic (exact) mass is 390 g/mol. The van der Waals surface area contributed by atoms with Crippen molar-refractivity contribution in [3.05, 3.63) is 34.9 Å². The van der Waals surface area contributed by atoms with Crippen LogP contribution < -0.4 is 10.6 Å². The van der Waals surface area contributed by atoms with E-state index in [1.54, 1.807) is 24.3 Å². The van der Waals surface area contributed by atoms with Gasteiger partial charge in [0.15, 0.2) is 5.96 Å². The molecular weight excluding hydrogens is 364 g/mol. The molecule has 3 fully saturated rings. The standard InChI is InChI=1S/C20H27ClN4O2/c1-2-22-20(25-11-15-16(12-25)18-8-7-17(15)27-18)24-10-9-23-19(26)13-3-5-14(21)6-4-13/h3-6,15-18H,2,7-12H2,1H3,(H,22,24)(H,23,26). The number of carbonyl (C=O) groups excluding carboxylic acids is 1. The van der Waals surface area contributed by atoms with Crippen LogP contribution in [0.4, 0.5) is 0 Å². The van der Waals surface area contributed by atoms with Crippen molar-refractivity contribution >= 4 is 23.5 Å². The third kappa shape index (κ3) is 3.92. The van der Waals surface area contributed by atoms with Gasteiger partial charge in [-0.1, -0.05) is 11.6 Å². The van der Waals surface area contributed by atoms with Crippen LogP contribution in [0, 0.1) is 11.8 Å². The molecule has 1 amide bonds. The van der Waals surface area contributed by atoms with Gasteiger partial charge in [-0.05, 0) is 44.0 Å². The summed E-state index contributed by atoms with van der Waals surface area (Å²) in [7, 11) is 0. The summed E-state index contributed by atoms with van der Waals surface area (Å²) < 4.78 is 6.06. The van der Waals surface area contributed by atoms with E-state index < -0.39 is 0 Å². The second kappa shape index (κ2) is 8.07. The summed E-state index contributed by atoms with van der Waals surface area (Å²) in [6.07, 6.45) is 3.33. The summed E-state index contributed by atoms with van der Waals surface area (Å²) in [5.41, 5.74) is 0.609. The Morgan fingerprint density at radius 1 is 1.19 bits per heavy atom. The molecule has 1 aromatic rings. The molecule has 3 aliphatic heterocycles. The molecule has 146 valence electrons. The van der Waals surface area contributed by atoms with Crippen molar-refractivity contribution in [1.82, 2.24) is 15.5 Å². The topological polar surface area (TPSA) is 66.0 Å². The molecule has 3 aliphatic rings. The maximum Gasteiger partial charge on any atom is 0.251 e. The first-order chi connectivity index (χ1) is 13.2. The number of benzene rings is 1. The lowest BCUT2D eigenvalue weighted by molar-refractivity contribution is 0.0767. The molecule has 0 spiro atoms. The summed E-state index contributed by atoms with van der Waals surface area (Å²) in [4.78, 5) is 19.2. The van der Waals surface area contributed by atoms with Crippen molar-refractivity contribution in [3.63, 3.8) is 0 Å². The summed E-state index contributed by atoms with van der Waals surface area (Å²) in [5, 5.41) is 6.94. The van der Waals surface area contributed by atoms with E-state index in [2.05, 4.69) is 22.5 Å². The van der Waals surface area contributed by atoms with E-state index >= 15 is 0 Å². The highest BCUT2D eigenvalue weighted by Gasteiger charge is 2.53. The molecule has 3 saturated heterocycles. The Morgan fingerprint density at radius 2 is 1.85 bits per heavy atom. The molecule has 2 bridgehead atoms. The first-order valence-corrected chi connectivity index (χ1v) is 10.3. The Hall–Kier alpha value is -1.79. The van der Waals surface area contributed by atoms with Crippen LogP contribution in [0.5, 0.6) is 0 Å². The fourth-order valence-electron chi connectivity index (χ4n) is 4.59. The molecular formula is C20H27ClN4O2. The zero-order valence-electron chi connectivity index (χ0n) is 15.7. The minimum atomic E-state index is -0.101. The van der Waals surface area contributed by atoms with Gasteiger partial charge in [0.2, 0.25) is 0 Å². The SMILES string of the molecule is CCNC(=NCCNC(=O)c1ccc(Cl)cc1)N1CC2C3CCC(O3)C2C1. The zero-order chi connectivity index (χ0) is 18.8. The summed E-state index contributed by atoms with van der Waals surface area (Å²) in [6, 6.07) is 6.90. The van der Waals surface area contributed by atoms with Gasteiger partial charge in [-0.15, -0.1) is 0 Å². The summed E-state index contributed by atoms with van der Waals surface area (Å²) >= 11 is 5.86. The number of halogens is 1. The third-order valence-electron chi connectivity index (χ3n) is 5.85. The second-order valence-corrected chi connectivity index (χ2v) is 7.96. The van der Waals surface area contributed by atoms with Crippen LogP contribution in [0.2, 0.25) is 5.02 Å². The van der Waals surface area contributed by atoms with Crippen molar-refractivity contribution in [2.45, 2.75) is 32.0 Å². The van der Waals surface area contributed by atoms with Gasteiger partial charge < -0.3 is 20.3 Å². The van der Waals surface area contributed by atoms with E-state index in [1.807, 2.05) is 0 Å². The fourth-order valence-corrected chi connectivity index (χ4v) is 4.72. The van der Waals surface area contributed by atoms with E-state index in [0.717, 1.165) is 25.6 Å². The van der Waals surface area contributed by atoms with Crippen LogP contribution in [0.3, 0.4) is 0 Å². The number of hydrogen-bond donors (Lipinski definition) is 2. The number of aliphatic imine (C=N–C) groups is 1. The number of hydrogen-bond acceptors (Lipinski definition) is 3. The van der Waals surface area contributed by atoms with Gasteiger partial charge in [-0.25, -0.2) is 0 Å². The van der Waals surface area contributed by atoms with Gasteiger partial charge in [0.25, 0.3) is 5.91 Å². The van der Waals surface area contributed by atoms with Crippen LogP contribution in [0.15, 0.2) is 29.3 Å². The Balaban J connectivity index is 1.29. The molecule has 0 radical (unpaired) electrons. The molecule has 6 nitrogen and oxygen atoms in total. The Bertz CT molecular complexity index is 690. The minimum absolute atomic E-state index is 0.101. The number of fused-ring (bicyclic) bond motifs is 5. The number of amides is 1. The molecule has 2 N–H and O–H groups in total. The first-order valence-electron chi connectivity index (χ1n) is 9.88. The number of carbonyl (C=O) groups is 1. The lowest BCUT2D eigenvalue weighted by Crippen LogP contribution is -2.41. The maximum atomic E-state index is 12.2. The number of likely N-dealkylation sites (tertiary alicyclic amines) is 1. The quantitative estimate of drug-likeness (QED) is 0.459. The molecule has 27 heavy (non-hydrogen) atoms. The van der Waals surface area contributed by atoms with Crippen molar-refractivity contribution in [1.29, 1.82) is 0 Å². The number of guanidine groups is 1. The van der Waals surface area contributed by atoms with Crippen molar-refractivity contribution in [3.8, 4) is 0 Å². The van der Waals surface area contributed by atoms with E-state index in [9.17, 15) is 4.79 Å². The van der Waals surface area contributed by atoms with E-state index in [4.69, 9.17) is 21.3 Å². The molecule has 3 heterocycles. The Labute approximate surface area is 165 Å². The average molecular weight is 391 g/mol. The number of nitrogens with one attached hydrogen (secondary N) is 2. The maximum absolute atomic E-state index is 12.2. The highest BCUT2D eigenvalue weighted by molar-refractivity contribution is 6.30. The van der Waals surface area contributed by atoms with E-state index in [0.29, 0.717) is 47.7 Å². The molecule has 4 atom stereocenters. The predicted octanol–water partition coefficient (Wildman–Crippen LogP) is 2.14. The van der Waals surface area contributed by atoms with Gasteiger partial charge in [0.05, 0.1) is 18.8 Å². The summed E-state index contributed by atoms with van der Waals surface area (Å²) in [6.45, 7) is 6.03. The zero-order valence-corrected chi connectivity index (χ0v) is 16.4. The highest BCUT2D eigenvalue weighted by Crippen LogP contribution is 2.47. The van der Waals surface area contributed by atoms with Crippen molar-refractivity contribution in [2.24, 2.45) is 16.8 Å². The predicted molar refractivity (Wildman–Crippen MR) is 106 cm³/mol. The van der Waals surface area contributed by atoms with Crippen molar-refractivity contribution in [2.75, 3.05) is 32.7 Å². The molecule has 4 rings (SSSR count). The lowest BCUT2D eigenvalue weighted by atomic mass is 9.82. The third-order valence-corrected chi connectivity index (χ3v) is 6.10. The largest absolute Gasteiger partial charge is 0.374 e. The number of ether oxygens (including phenoxy) is 1. The Kier molecular flexibility index (Phi) is 5.55. The van der Waals surface area contributed by atoms with Gasteiger partial charge in [0, 0.05) is 48.6 Å². The van der Waals surface area contributed by atoms with Crippen molar-refractivity contribution < 1.29 is 9.53 Å². The van der Waals surface area contributed by atoms with Crippen LogP contribution in [0.1, 0.15) is 30.1 Å². The lowest BCUT2D eigenvalue weighted by Gasteiger charge is -2.23. The van der Waals surface area contributed by atoms with Crippen LogP contribution >= 0.6 is 11.6 Å². The summed E-state index contributed by atoms with van der Waals surface area (Å²) in [5.74, 6) is 2.15. The minimum Gasteiger partial charge on any atom is -0.374 e. The molecule has 7 heteroatoms. The molecule has 0 saturated carbocycles. The number of nitrogens with zero attached hydrogens (tertiary/aromatic N) is 2. The van der Waals surface area contributed by atoms with Gasteiger partial charge in [-0.3, -0.25) is 9.79 Å². The van der Waals surface area contributed by atoms with E-state index in [-0.39, 0.29) is 5.91 Å². The molecule has 4 unspecified atom stereocenters. The molecule has 1 aromatic carbocycles. The van der Waals surface area contributed by atoms with E-state index in [1.165, 1.54) is 12.8 Å². The number of rotatable bonds is 5. The smallest absolute Gasteiger partial charge is 0.251 e. The average Bonchev–Trinajstić information content (AvgIpc) is 3.37. The van der Waals surface area contributed by atoms with Gasteiger partial charge >= 0.3 is 0 Å². The fraction of sp³-hybridized carbons (Fsp3) is 0.600. The van der Waals surface area contributed by atoms with Crippen LogP contribution in [-0.4, -0.2) is 61.7 Å². The van der Waals surface area contributed by atoms with Gasteiger partial charge in [-0.2, -0.15) is 0 Å². The first kappa shape index (κ1) is 18.6. The molecule has 0 aromatic heterocycles. The van der Waals surface area contributed by atoms with Gasteiger partial charge in [0.1, 0.15) is 0 Å².